The molecular formula is C14H19N3S. The number of para-hydroxylation sites is 2. The number of hydrogen-bond donors (Lipinski definition) is 1. The molecule has 0 radical (unpaired) electrons. The van der Waals surface area contributed by atoms with E-state index in [1.807, 2.05) is 34.9 Å². The molecule has 4 heteroatoms. The summed E-state index contributed by atoms with van der Waals surface area (Å²) in [6.07, 6.45) is 6.78. The first-order valence-corrected chi connectivity index (χ1v) is 7.46. The van der Waals surface area contributed by atoms with Crippen LogP contribution >= 0.6 is 11.8 Å². The molecule has 0 bridgehead atoms. The molecule has 1 N–H and O–H groups in total. The van der Waals surface area contributed by atoms with Crippen LogP contribution in [0.15, 0.2) is 43.0 Å². The molecule has 1 heterocycles. The van der Waals surface area contributed by atoms with Crippen molar-refractivity contribution in [1.82, 2.24) is 9.55 Å². The molecule has 0 fully saturated rings. The molecule has 2 rings (SSSR count). The van der Waals surface area contributed by atoms with E-state index in [2.05, 4.69) is 35.4 Å². The van der Waals surface area contributed by atoms with Gasteiger partial charge in [0.15, 0.2) is 0 Å². The van der Waals surface area contributed by atoms with Gasteiger partial charge in [-0.15, -0.1) is 0 Å². The molecular weight excluding hydrogens is 242 g/mol. The number of benzene rings is 1. The molecule has 0 aliphatic rings. The molecule has 0 saturated carbocycles. The Bertz CT molecular complexity index is 454. The topological polar surface area (TPSA) is 29.9 Å². The lowest BCUT2D eigenvalue weighted by Crippen LogP contribution is -2.06. The van der Waals surface area contributed by atoms with Crippen molar-refractivity contribution in [2.24, 2.45) is 0 Å². The summed E-state index contributed by atoms with van der Waals surface area (Å²) in [5, 5.41) is 3.50. The van der Waals surface area contributed by atoms with Gasteiger partial charge in [0, 0.05) is 18.9 Å². The summed E-state index contributed by atoms with van der Waals surface area (Å²) in [7, 11) is 0. The van der Waals surface area contributed by atoms with Crippen molar-refractivity contribution in [1.29, 1.82) is 0 Å². The highest BCUT2D eigenvalue weighted by Gasteiger charge is 2.02. The van der Waals surface area contributed by atoms with Gasteiger partial charge in [0.25, 0.3) is 0 Å². The van der Waals surface area contributed by atoms with Gasteiger partial charge in [-0.05, 0) is 30.1 Å². The fraction of sp³-hybridized carbons (Fsp3) is 0.357. The van der Waals surface area contributed by atoms with Crippen molar-refractivity contribution in [3.8, 4) is 5.69 Å². The molecule has 96 valence electrons. The Morgan fingerprint density at radius 1 is 1.33 bits per heavy atom. The van der Waals surface area contributed by atoms with Gasteiger partial charge in [-0.3, -0.25) is 0 Å². The predicted octanol–water partition coefficient (Wildman–Crippen LogP) is 3.43. The van der Waals surface area contributed by atoms with Crippen LogP contribution in [0.4, 0.5) is 5.69 Å². The Kier molecular flexibility index (Phi) is 5.15. The molecule has 0 aliphatic carbocycles. The lowest BCUT2D eigenvalue weighted by Gasteiger charge is -2.12. The normalized spacial score (nSPS) is 10.5. The molecule has 1 aromatic heterocycles. The van der Waals surface area contributed by atoms with E-state index in [0.29, 0.717) is 0 Å². The summed E-state index contributed by atoms with van der Waals surface area (Å²) < 4.78 is 2.03. The maximum absolute atomic E-state index is 4.09. The summed E-state index contributed by atoms with van der Waals surface area (Å²) in [5.41, 5.74) is 2.31. The zero-order valence-electron chi connectivity index (χ0n) is 10.7. The van der Waals surface area contributed by atoms with E-state index in [9.17, 15) is 0 Å². The number of nitrogens with zero attached hydrogens (tertiary/aromatic N) is 2. The second kappa shape index (κ2) is 7.11. The van der Waals surface area contributed by atoms with Gasteiger partial charge in [0.2, 0.25) is 0 Å². The number of imidazole rings is 1. The second-order valence-electron chi connectivity index (χ2n) is 3.96. The number of aromatic nitrogens is 2. The van der Waals surface area contributed by atoms with E-state index >= 15 is 0 Å². The highest BCUT2D eigenvalue weighted by molar-refractivity contribution is 7.99. The molecule has 1 aromatic carbocycles. The van der Waals surface area contributed by atoms with Crippen molar-refractivity contribution in [2.45, 2.75) is 13.3 Å². The first-order chi connectivity index (χ1) is 8.92. The second-order valence-corrected chi connectivity index (χ2v) is 5.36. The van der Waals surface area contributed by atoms with Crippen LogP contribution in [0.5, 0.6) is 0 Å². The summed E-state index contributed by atoms with van der Waals surface area (Å²) in [5.74, 6) is 2.42. The largest absolute Gasteiger partial charge is 0.383 e. The monoisotopic (exact) mass is 261 g/mol. The minimum atomic E-state index is 1.01. The van der Waals surface area contributed by atoms with Crippen LogP contribution in [0.2, 0.25) is 0 Å². The third-order valence-corrected chi connectivity index (χ3v) is 3.66. The Morgan fingerprint density at radius 3 is 3.00 bits per heavy atom. The number of nitrogens with one attached hydrogen (secondary N) is 1. The molecule has 0 saturated heterocycles. The van der Waals surface area contributed by atoms with Crippen LogP contribution < -0.4 is 5.32 Å². The van der Waals surface area contributed by atoms with E-state index in [1.165, 1.54) is 17.9 Å². The van der Waals surface area contributed by atoms with Crippen molar-refractivity contribution in [3.05, 3.63) is 43.0 Å². The molecule has 0 atom stereocenters. The summed E-state index contributed by atoms with van der Waals surface area (Å²) in [6.45, 7) is 3.21. The minimum absolute atomic E-state index is 1.01. The SMILES string of the molecule is CCSCCCNc1ccccc1-n1ccnc1. The van der Waals surface area contributed by atoms with E-state index in [-0.39, 0.29) is 0 Å². The average Bonchev–Trinajstić information content (AvgIpc) is 2.93. The maximum Gasteiger partial charge on any atom is 0.0992 e. The molecule has 18 heavy (non-hydrogen) atoms. The van der Waals surface area contributed by atoms with Gasteiger partial charge in [-0.1, -0.05) is 19.1 Å². The first-order valence-electron chi connectivity index (χ1n) is 6.31. The van der Waals surface area contributed by atoms with Gasteiger partial charge in [0.1, 0.15) is 0 Å². The number of anilines is 1. The van der Waals surface area contributed by atoms with Crippen molar-refractivity contribution >= 4 is 17.4 Å². The standard InChI is InChI=1S/C14H19N3S/c1-2-18-11-5-8-16-13-6-3-4-7-14(13)17-10-9-15-12-17/h3-4,6-7,9-10,12,16H,2,5,8,11H2,1H3. The lowest BCUT2D eigenvalue weighted by molar-refractivity contribution is 0.980. The van der Waals surface area contributed by atoms with Gasteiger partial charge in [-0.2, -0.15) is 11.8 Å². The Morgan fingerprint density at radius 2 is 2.22 bits per heavy atom. The van der Waals surface area contributed by atoms with Crippen LogP contribution in [-0.2, 0) is 0 Å². The van der Waals surface area contributed by atoms with E-state index in [1.54, 1.807) is 6.20 Å². The third-order valence-electron chi connectivity index (χ3n) is 2.67. The fourth-order valence-corrected chi connectivity index (χ4v) is 2.43. The Hall–Kier alpha value is -1.42. The van der Waals surface area contributed by atoms with E-state index in [0.717, 1.165) is 17.9 Å². The Balaban J connectivity index is 1.96. The van der Waals surface area contributed by atoms with Crippen molar-refractivity contribution < 1.29 is 0 Å². The van der Waals surface area contributed by atoms with Crippen LogP contribution in [0.1, 0.15) is 13.3 Å². The van der Waals surface area contributed by atoms with Gasteiger partial charge < -0.3 is 9.88 Å². The molecule has 3 nitrogen and oxygen atoms in total. The zero-order valence-corrected chi connectivity index (χ0v) is 11.5. The van der Waals surface area contributed by atoms with Gasteiger partial charge in [0.05, 0.1) is 17.7 Å². The fourth-order valence-electron chi connectivity index (χ4n) is 1.79. The van der Waals surface area contributed by atoms with Crippen LogP contribution in [-0.4, -0.2) is 27.6 Å². The van der Waals surface area contributed by atoms with Crippen LogP contribution in [0.25, 0.3) is 5.69 Å². The van der Waals surface area contributed by atoms with E-state index in [4.69, 9.17) is 0 Å². The minimum Gasteiger partial charge on any atom is -0.383 e. The van der Waals surface area contributed by atoms with Crippen LogP contribution in [0, 0.1) is 0 Å². The molecule has 2 aromatic rings. The summed E-state index contributed by atoms with van der Waals surface area (Å²) in [6, 6.07) is 8.32. The van der Waals surface area contributed by atoms with Gasteiger partial charge in [-0.25, -0.2) is 4.98 Å². The smallest absolute Gasteiger partial charge is 0.0992 e. The Labute approximate surface area is 113 Å². The highest BCUT2D eigenvalue weighted by Crippen LogP contribution is 2.19. The highest BCUT2D eigenvalue weighted by atomic mass is 32.2. The zero-order chi connectivity index (χ0) is 12.6. The first kappa shape index (κ1) is 13.0. The number of hydrogen-bond acceptors (Lipinski definition) is 3. The number of rotatable bonds is 7. The predicted molar refractivity (Wildman–Crippen MR) is 79.7 cm³/mol. The lowest BCUT2D eigenvalue weighted by atomic mass is 10.2. The summed E-state index contributed by atoms with van der Waals surface area (Å²) >= 11 is 1.99. The van der Waals surface area contributed by atoms with Crippen molar-refractivity contribution in [2.75, 3.05) is 23.4 Å². The molecule has 0 aliphatic heterocycles. The quantitative estimate of drug-likeness (QED) is 0.774. The summed E-state index contributed by atoms with van der Waals surface area (Å²) in [4.78, 5) is 4.09. The van der Waals surface area contributed by atoms with E-state index < -0.39 is 0 Å². The molecule has 0 spiro atoms. The molecule has 0 amide bonds. The van der Waals surface area contributed by atoms with Crippen molar-refractivity contribution in [3.63, 3.8) is 0 Å². The van der Waals surface area contributed by atoms with Crippen LogP contribution in [0.3, 0.4) is 0 Å². The third kappa shape index (κ3) is 3.53. The maximum atomic E-state index is 4.09. The number of thioether (sulfide) groups is 1. The van der Waals surface area contributed by atoms with Gasteiger partial charge >= 0.3 is 0 Å². The molecule has 0 unspecified atom stereocenters. The average molecular weight is 261 g/mol.